The Labute approximate surface area is 109 Å². The number of hydrogen-bond acceptors (Lipinski definition) is 4. The molecule has 0 aliphatic rings. The normalized spacial score (nSPS) is 10.1. The number of aryl methyl sites for hydroxylation is 1. The van der Waals surface area contributed by atoms with Crippen molar-refractivity contribution in [2.45, 2.75) is 6.92 Å². The summed E-state index contributed by atoms with van der Waals surface area (Å²) in [6.45, 7) is 1.78. The Bertz CT molecular complexity index is 615. The third kappa shape index (κ3) is 3.05. The van der Waals surface area contributed by atoms with E-state index in [0.29, 0.717) is 11.4 Å². The first-order valence-electron chi connectivity index (χ1n) is 5.60. The van der Waals surface area contributed by atoms with E-state index in [1.165, 1.54) is 24.4 Å². The molecule has 0 fully saturated rings. The van der Waals surface area contributed by atoms with E-state index < -0.39 is 11.7 Å². The van der Waals surface area contributed by atoms with E-state index in [4.69, 9.17) is 5.84 Å². The minimum Gasteiger partial charge on any atom is -0.324 e. The van der Waals surface area contributed by atoms with Crippen LogP contribution in [-0.4, -0.2) is 10.9 Å². The van der Waals surface area contributed by atoms with E-state index in [-0.39, 0.29) is 5.69 Å². The molecular weight excluding hydrogens is 247 g/mol. The van der Waals surface area contributed by atoms with E-state index in [0.717, 1.165) is 5.56 Å². The van der Waals surface area contributed by atoms with Crippen LogP contribution in [0.25, 0.3) is 0 Å². The summed E-state index contributed by atoms with van der Waals surface area (Å²) in [5.41, 5.74) is 4.37. The van der Waals surface area contributed by atoms with Gasteiger partial charge in [0.2, 0.25) is 0 Å². The Morgan fingerprint density at radius 3 is 2.84 bits per heavy atom. The van der Waals surface area contributed by atoms with Gasteiger partial charge in [0.05, 0.1) is 5.69 Å². The molecule has 0 spiro atoms. The second kappa shape index (κ2) is 5.45. The molecule has 0 bridgehead atoms. The van der Waals surface area contributed by atoms with Gasteiger partial charge in [0.1, 0.15) is 11.5 Å². The monoisotopic (exact) mass is 260 g/mol. The van der Waals surface area contributed by atoms with Crippen LogP contribution in [0.15, 0.2) is 36.5 Å². The van der Waals surface area contributed by atoms with Crippen LogP contribution in [0.3, 0.4) is 0 Å². The molecule has 4 N–H and O–H groups in total. The van der Waals surface area contributed by atoms with Crippen molar-refractivity contribution in [3.63, 3.8) is 0 Å². The maximum absolute atomic E-state index is 13.1. The summed E-state index contributed by atoms with van der Waals surface area (Å²) in [7, 11) is 0. The summed E-state index contributed by atoms with van der Waals surface area (Å²) >= 11 is 0. The molecule has 19 heavy (non-hydrogen) atoms. The first-order chi connectivity index (χ1) is 9.10. The average molecular weight is 260 g/mol. The van der Waals surface area contributed by atoms with Gasteiger partial charge in [-0.25, -0.2) is 4.39 Å². The fourth-order valence-corrected chi connectivity index (χ4v) is 1.56. The number of anilines is 2. The van der Waals surface area contributed by atoms with E-state index in [9.17, 15) is 9.18 Å². The minimum absolute atomic E-state index is 0.194. The number of amides is 1. The number of hydrazine groups is 1. The number of nitrogen functional groups attached to an aromatic ring is 1. The number of nitrogens with one attached hydrogen (secondary N) is 2. The van der Waals surface area contributed by atoms with Crippen LogP contribution >= 0.6 is 0 Å². The lowest BCUT2D eigenvalue weighted by atomic mass is 10.2. The zero-order chi connectivity index (χ0) is 13.8. The van der Waals surface area contributed by atoms with Gasteiger partial charge < -0.3 is 10.7 Å². The number of carbonyl (C=O) groups excluding carboxylic acids is 1. The number of hydrogen-bond donors (Lipinski definition) is 3. The third-order valence-corrected chi connectivity index (χ3v) is 2.61. The average Bonchev–Trinajstić information content (AvgIpc) is 2.43. The highest BCUT2D eigenvalue weighted by Crippen LogP contribution is 2.17. The number of rotatable bonds is 3. The number of halogens is 1. The Balaban J connectivity index is 2.22. The number of nitrogens with two attached hydrogens (primary N) is 1. The summed E-state index contributed by atoms with van der Waals surface area (Å²) in [5.74, 6) is 4.42. The van der Waals surface area contributed by atoms with Crippen LogP contribution in [0.1, 0.15) is 16.1 Å². The molecular formula is C13H13FN4O. The first-order valence-corrected chi connectivity index (χ1v) is 5.60. The summed E-state index contributed by atoms with van der Waals surface area (Å²) < 4.78 is 13.1. The van der Waals surface area contributed by atoms with Crippen LogP contribution in [0, 0.1) is 12.7 Å². The fourth-order valence-electron chi connectivity index (χ4n) is 1.56. The number of pyridine rings is 1. The Hall–Kier alpha value is -2.47. The van der Waals surface area contributed by atoms with Crippen LogP contribution < -0.4 is 16.6 Å². The van der Waals surface area contributed by atoms with Crippen LogP contribution in [0.2, 0.25) is 0 Å². The molecule has 0 aliphatic heterocycles. The van der Waals surface area contributed by atoms with Gasteiger partial charge in [-0.3, -0.25) is 15.6 Å². The van der Waals surface area contributed by atoms with Gasteiger partial charge in [-0.15, -0.1) is 0 Å². The Kier molecular flexibility index (Phi) is 3.72. The molecule has 0 radical (unpaired) electrons. The molecule has 6 heteroatoms. The van der Waals surface area contributed by atoms with Gasteiger partial charge in [-0.1, -0.05) is 6.07 Å². The van der Waals surface area contributed by atoms with Crippen molar-refractivity contribution >= 4 is 17.3 Å². The minimum atomic E-state index is -0.425. The van der Waals surface area contributed by atoms with Crippen molar-refractivity contribution in [1.29, 1.82) is 0 Å². The largest absolute Gasteiger partial charge is 0.324 e. The maximum atomic E-state index is 13.1. The summed E-state index contributed by atoms with van der Waals surface area (Å²) in [6.07, 6.45) is 1.46. The standard InChI is InChI=1S/C13H13FN4O/c1-8-2-3-9(14)6-11(8)17-13(19)12-7-10(18-15)4-5-16-12/h2-7H,15H2,1H3,(H,16,18)(H,17,19). The number of nitrogens with zero attached hydrogens (tertiary/aromatic N) is 1. The predicted molar refractivity (Wildman–Crippen MR) is 71.1 cm³/mol. The van der Waals surface area contributed by atoms with Crippen molar-refractivity contribution < 1.29 is 9.18 Å². The zero-order valence-electron chi connectivity index (χ0n) is 10.3. The van der Waals surface area contributed by atoms with E-state index in [1.54, 1.807) is 19.1 Å². The van der Waals surface area contributed by atoms with Gasteiger partial charge in [0, 0.05) is 11.9 Å². The highest BCUT2D eigenvalue weighted by molar-refractivity contribution is 6.03. The zero-order valence-corrected chi connectivity index (χ0v) is 10.3. The SMILES string of the molecule is Cc1ccc(F)cc1NC(=O)c1cc(NN)ccn1. The molecule has 5 nitrogen and oxygen atoms in total. The maximum Gasteiger partial charge on any atom is 0.274 e. The summed E-state index contributed by atoms with van der Waals surface area (Å²) in [5, 5.41) is 2.61. The lowest BCUT2D eigenvalue weighted by Crippen LogP contribution is -2.15. The molecule has 2 aromatic rings. The number of carbonyl (C=O) groups is 1. The molecule has 1 heterocycles. The molecule has 2 rings (SSSR count). The quantitative estimate of drug-likeness (QED) is 0.583. The van der Waals surface area contributed by atoms with E-state index in [2.05, 4.69) is 15.7 Å². The Morgan fingerprint density at radius 1 is 1.32 bits per heavy atom. The molecule has 98 valence electrons. The molecule has 0 saturated carbocycles. The van der Waals surface area contributed by atoms with Gasteiger partial charge >= 0.3 is 0 Å². The summed E-state index contributed by atoms with van der Waals surface area (Å²) in [4.78, 5) is 15.9. The lowest BCUT2D eigenvalue weighted by molar-refractivity contribution is 0.102. The van der Waals surface area contributed by atoms with E-state index in [1.807, 2.05) is 0 Å². The molecule has 1 aromatic carbocycles. The summed E-state index contributed by atoms with van der Waals surface area (Å²) in [6, 6.07) is 7.32. The molecule has 1 amide bonds. The third-order valence-electron chi connectivity index (χ3n) is 2.61. The topological polar surface area (TPSA) is 80.0 Å². The van der Waals surface area contributed by atoms with E-state index >= 15 is 0 Å². The lowest BCUT2D eigenvalue weighted by Gasteiger charge is -2.08. The van der Waals surface area contributed by atoms with Gasteiger partial charge in [0.15, 0.2) is 0 Å². The van der Waals surface area contributed by atoms with Crippen molar-refractivity contribution in [3.05, 3.63) is 53.6 Å². The molecule has 0 unspecified atom stereocenters. The number of benzene rings is 1. The van der Waals surface area contributed by atoms with Gasteiger partial charge in [0.25, 0.3) is 5.91 Å². The smallest absolute Gasteiger partial charge is 0.274 e. The molecule has 0 atom stereocenters. The van der Waals surface area contributed by atoms with Crippen LogP contribution in [-0.2, 0) is 0 Å². The second-order valence-corrected chi connectivity index (χ2v) is 3.99. The first kappa shape index (κ1) is 13.0. The van der Waals surface area contributed by atoms with Crippen molar-refractivity contribution in [1.82, 2.24) is 4.98 Å². The van der Waals surface area contributed by atoms with Crippen molar-refractivity contribution in [2.75, 3.05) is 10.7 Å². The van der Waals surface area contributed by atoms with Gasteiger partial charge in [-0.2, -0.15) is 0 Å². The van der Waals surface area contributed by atoms with Crippen LogP contribution in [0.4, 0.5) is 15.8 Å². The Morgan fingerprint density at radius 2 is 2.11 bits per heavy atom. The number of aromatic nitrogens is 1. The van der Waals surface area contributed by atoms with Crippen molar-refractivity contribution in [3.8, 4) is 0 Å². The fraction of sp³-hybridized carbons (Fsp3) is 0.0769. The van der Waals surface area contributed by atoms with Crippen molar-refractivity contribution in [2.24, 2.45) is 5.84 Å². The highest BCUT2D eigenvalue weighted by atomic mass is 19.1. The van der Waals surface area contributed by atoms with Gasteiger partial charge in [-0.05, 0) is 36.8 Å². The molecule has 0 saturated heterocycles. The molecule has 0 aliphatic carbocycles. The predicted octanol–water partition coefficient (Wildman–Crippen LogP) is 2.07. The highest BCUT2D eigenvalue weighted by Gasteiger charge is 2.10. The second-order valence-electron chi connectivity index (χ2n) is 3.99. The molecule has 1 aromatic heterocycles. The van der Waals surface area contributed by atoms with Crippen LogP contribution in [0.5, 0.6) is 0 Å².